The Bertz CT molecular complexity index is 972. The second kappa shape index (κ2) is 8.57. The average molecular weight is 397 g/mol. The van der Waals surface area contributed by atoms with Gasteiger partial charge in [-0.15, -0.1) is 0 Å². The summed E-state index contributed by atoms with van der Waals surface area (Å²) in [4.78, 5) is 24.0. The summed E-state index contributed by atoms with van der Waals surface area (Å²) in [5, 5.41) is 4.78. The average Bonchev–Trinajstić information content (AvgIpc) is 2.67. The second-order valence-electron chi connectivity index (χ2n) is 7.30. The van der Waals surface area contributed by atoms with E-state index in [9.17, 15) is 4.79 Å². The summed E-state index contributed by atoms with van der Waals surface area (Å²) in [6.45, 7) is 6.73. The maximum atomic E-state index is 13.4. The zero-order valence-electron chi connectivity index (χ0n) is 16.6. The highest BCUT2D eigenvalue weighted by molar-refractivity contribution is 6.30. The van der Waals surface area contributed by atoms with E-state index < -0.39 is 0 Å². The highest BCUT2D eigenvalue weighted by Crippen LogP contribution is 2.22. The van der Waals surface area contributed by atoms with Crippen LogP contribution in [0.3, 0.4) is 0 Å². The Morgan fingerprint density at radius 3 is 2.64 bits per heavy atom. The predicted octanol–water partition coefficient (Wildman–Crippen LogP) is 4.80. The van der Waals surface area contributed by atoms with Gasteiger partial charge in [0, 0.05) is 30.9 Å². The number of hydrogen-bond donors (Lipinski definition) is 1. The predicted molar refractivity (Wildman–Crippen MR) is 115 cm³/mol. The normalized spacial score (nSPS) is 12.2. The van der Waals surface area contributed by atoms with Gasteiger partial charge in [0.25, 0.3) is 5.91 Å². The number of aryl methyl sites for hydroxylation is 1. The molecule has 28 heavy (non-hydrogen) atoms. The van der Waals surface area contributed by atoms with Crippen LogP contribution in [0.25, 0.3) is 10.9 Å². The molecule has 1 atom stereocenters. The maximum Gasteiger partial charge on any atom is 0.254 e. The van der Waals surface area contributed by atoms with Crippen LogP contribution >= 0.6 is 11.6 Å². The van der Waals surface area contributed by atoms with Gasteiger partial charge in [0.15, 0.2) is 0 Å². The molecule has 6 heteroatoms. The van der Waals surface area contributed by atoms with Crippen molar-refractivity contribution in [1.82, 2.24) is 14.9 Å². The molecule has 2 aromatic heterocycles. The number of aromatic nitrogens is 2. The minimum atomic E-state index is -0.00809. The van der Waals surface area contributed by atoms with Crippen LogP contribution in [0.4, 0.5) is 5.82 Å². The van der Waals surface area contributed by atoms with E-state index in [1.54, 1.807) is 12.3 Å². The van der Waals surface area contributed by atoms with E-state index in [1.165, 1.54) is 0 Å². The molecule has 0 aliphatic carbocycles. The SMILES string of the molecule is Cc1cc(C(=O)N(C)C(CNc2ccc(Cl)cn2)C(C)C)c2ccccc2n1. The molecular formula is C22H25ClN4O. The zero-order valence-corrected chi connectivity index (χ0v) is 17.4. The molecule has 0 spiro atoms. The molecule has 1 unspecified atom stereocenters. The van der Waals surface area contributed by atoms with Crippen LogP contribution in [0, 0.1) is 12.8 Å². The third-order valence-electron chi connectivity index (χ3n) is 4.88. The number of nitrogens with zero attached hydrogens (tertiary/aromatic N) is 3. The number of para-hydroxylation sites is 1. The smallest absolute Gasteiger partial charge is 0.254 e. The number of likely N-dealkylation sites (N-methyl/N-ethyl adjacent to an activating group) is 1. The molecule has 1 amide bonds. The van der Waals surface area contributed by atoms with E-state index in [-0.39, 0.29) is 17.9 Å². The fraction of sp³-hybridized carbons (Fsp3) is 0.318. The number of carbonyl (C=O) groups is 1. The fourth-order valence-electron chi connectivity index (χ4n) is 3.33. The molecule has 2 heterocycles. The van der Waals surface area contributed by atoms with Crippen LogP contribution in [-0.2, 0) is 0 Å². The van der Waals surface area contributed by atoms with Crippen LogP contribution in [0.1, 0.15) is 29.9 Å². The molecule has 146 valence electrons. The van der Waals surface area contributed by atoms with Crippen LogP contribution in [0.15, 0.2) is 48.7 Å². The Kier molecular flexibility index (Phi) is 6.15. The van der Waals surface area contributed by atoms with Crippen molar-refractivity contribution in [2.45, 2.75) is 26.8 Å². The molecule has 0 saturated heterocycles. The lowest BCUT2D eigenvalue weighted by atomic mass is 10.0. The molecule has 1 N–H and O–H groups in total. The van der Waals surface area contributed by atoms with Gasteiger partial charge in [-0.05, 0) is 37.1 Å². The summed E-state index contributed by atoms with van der Waals surface area (Å²) in [6, 6.07) is 13.2. The van der Waals surface area contributed by atoms with Crippen LogP contribution in [-0.4, -0.2) is 40.4 Å². The van der Waals surface area contributed by atoms with Crippen molar-refractivity contribution in [2.24, 2.45) is 5.92 Å². The van der Waals surface area contributed by atoms with Crippen LogP contribution in [0.2, 0.25) is 5.02 Å². The summed E-state index contributed by atoms with van der Waals surface area (Å²) in [6.07, 6.45) is 1.61. The number of pyridine rings is 2. The summed E-state index contributed by atoms with van der Waals surface area (Å²) >= 11 is 5.90. The Hall–Kier alpha value is -2.66. The monoisotopic (exact) mass is 396 g/mol. The largest absolute Gasteiger partial charge is 0.368 e. The molecule has 3 rings (SSSR count). The molecule has 0 saturated carbocycles. The molecule has 3 aromatic rings. The number of carbonyl (C=O) groups excluding carboxylic acids is 1. The van der Waals surface area contributed by atoms with Crippen molar-refractivity contribution in [1.29, 1.82) is 0 Å². The van der Waals surface area contributed by atoms with Crippen molar-refractivity contribution in [2.75, 3.05) is 18.9 Å². The first-order valence-corrected chi connectivity index (χ1v) is 9.73. The number of fused-ring (bicyclic) bond motifs is 1. The van der Waals surface area contributed by atoms with Crippen LogP contribution in [0.5, 0.6) is 0 Å². The number of halogens is 1. The standard InChI is InChI=1S/C22H25ClN4O/c1-14(2)20(13-25-21-10-9-16(23)12-24-21)27(4)22(28)18-11-15(3)26-19-8-6-5-7-17(18)19/h5-12,14,20H,13H2,1-4H3,(H,24,25). The molecule has 0 aliphatic heterocycles. The Morgan fingerprint density at radius 2 is 1.96 bits per heavy atom. The van der Waals surface area contributed by atoms with E-state index in [0.717, 1.165) is 22.4 Å². The van der Waals surface area contributed by atoms with Gasteiger partial charge in [-0.3, -0.25) is 9.78 Å². The van der Waals surface area contributed by atoms with Crippen molar-refractivity contribution in [3.05, 3.63) is 64.9 Å². The van der Waals surface area contributed by atoms with Gasteiger partial charge >= 0.3 is 0 Å². The van der Waals surface area contributed by atoms with Gasteiger partial charge in [0.2, 0.25) is 0 Å². The third kappa shape index (κ3) is 4.42. The Balaban J connectivity index is 1.84. The zero-order chi connectivity index (χ0) is 20.3. The lowest BCUT2D eigenvalue weighted by Crippen LogP contribution is -2.44. The lowest BCUT2D eigenvalue weighted by Gasteiger charge is -2.32. The van der Waals surface area contributed by atoms with Crippen molar-refractivity contribution in [3.8, 4) is 0 Å². The topological polar surface area (TPSA) is 58.1 Å². The second-order valence-corrected chi connectivity index (χ2v) is 7.73. The van der Waals surface area contributed by atoms with Gasteiger partial charge < -0.3 is 10.2 Å². The summed E-state index contributed by atoms with van der Waals surface area (Å²) < 4.78 is 0. The van der Waals surface area contributed by atoms with Gasteiger partial charge in [-0.1, -0.05) is 43.6 Å². The lowest BCUT2D eigenvalue weighted by molar-refractivity contribution is 0.0703. The minimum Gasteiger partial charge on any atom is -0.368 e. The van der Waals surface area contributed by atoms with E-state index in [4.69, 9.17) is 11.6 Å². The number of nitrogens with one attached hydrogen (secondary N) is 1. The van der Waals surface area contributed by atoms with Gasteiger partial charge in [0.1, 0.15) is 5.82 Å². The molecular weight excluding hydrogens is 372 g/mol. The van der Waals surface area contributed by atoms with Crippen molar-refractivity contribution in [3.63, 3.8) is 0 Å². The first kappa shape index (κ1) is 20.1. The van der Waals surface area contributed by atoms with Crippen molar-refractivity contribution < 1.29 is 4.79 Å². The molecule has 0 bridgehead atoms. The third-order valence-corrected chi connectivity index (χ3v) is 5.11. The van der Waals surface area contributed by atoms with Gasteiger partial charge in [-0.25, -0.2) is 4.98 Å². The molecule has 0 radical (unpaired) electrons. The highest BCUT2D eigenvalue weighted by atomic mass is 35.5. The van der Waals surface area contributed by atoms with Gasteiger partial charge in [0.05, 0.1) is 22.1 Å². The first-order chi connectivity index (χ1) is 13.4. The fourth-order valence-corrected chi connectivity index (χ4v) is 3.45. The van der Waals surface area contributed by atoms with E-state index >= 15 is 0 Å². The van der Waals surface area contributed by atoms with E-state index in [1.807, 2.05) is 55.3 Å². The first-order valence-electron chi connectivity index (χ1n) is 9.36. The van der Waals surface area contributed by atoms with Crippen LogP contribution < -0.4 is 5.32 Å². The highest BCUT2D eigenvalue weighted by Gasteiger charge is 2.25. The number of anilines is 1. The Morgan fingerprint density at radius 1 is 1.21 bits per heavy atom. The maximum absolute atomic E-state index is 13.4. The van der Waals surface area contributed by atoms with Gasteiger partial charge in [-0.2, -0.15) is 0 Å². The molecule has 0 fully saturated rings. The summed E-state index contributed by atoms with van der Waals surface area (Å²) in [7, 11) is 1.86. The Labute approximate surface area is 170 Å². The quantitative estimate of drug-likeness (QED) is 0.650. The number of hydrogen-bond acceptors (Lipinski definition) is 4. The van der Waals surface area contributed by atoms with Crippen molar-refractivity contribution >= 4 is 34.2 Å². The van der Waals surface area contributed by atoms with E-state index in [0.29, 0.717) is 17.1 Å². The molecule has 5 nitrogen and oxygen atoms in total. The number of benzene rings is 1. The molecule has 0 aliphatic rings. The summed E-state index contributed by atoms with van der Waals surface area (Å²) in [5.41, 5.74) is 2.35. The summed E-state index contributed by atoms with van der Waals surface area (Å²) in [5.74, 6) is 0.996. The number of amides is 1. The molecule has 1 aromatic carbocycles. The minimum absolute atomic E-state index is 0.00258. The number of rotatable bonds is 6. The van der Waals surface area contributed by atoms with E-state index in [2.05, 4.69) is 29.1 Å².